The number of pyridine rings is 1. The van der Waals surface area contributed by atoms with E-state index in [-0.39, 0.29) is 0 Å². The molecule has 108 valence electrons. The molecule has 5 nitrogen and oxygen atoms in total. The summed E-state index contributed by atoms with van der Waals surface area (Å²) in [6.07, 6.45) is 1.85. The van der Waals surface area contributed by atoms with Gasteiger partial charge in [0.15, 0.2) is 5.82 Å². The van der Waals surface area contributed by atoms with Gasteiger partial charge in [0.25, 0.3) is 0 Å². The average molecular weight is 281 g/mol. The minimum atomic E-state index is 0.719. The largest absolute Gasteiger partial charge is 0.347 e. The second-order valence-corrected chi connectivity index (χ2v) is 5.32. The van der Waals surface area contributed by atoms with Crippen LogP contribution in [0.15, 0.2) is 30.5 Å². The molecular weight excluding hydrogens is 262 g/mol. The van der Waals surface area contributed by atoms with E-state index in [0.29, 0.717) is 0 Å². The Morgan fingerprint density at radius 3 is 2.71 bits per heavy atom. The van der Waals surface area contributed by atoms with Crippen LogP contribution in [0.5, 0.6) is 0 Å². The highest BCUT2D eigenvalue weighted by Gasteiger charge is 2.13. The van der Waals surface area contributed by atoms with Gasteiger partial charge in [-0.15, -0.1) is 5.10 Å². The standard InChI is InChI=1S/C16H19N5/c1-5-21-16(20(3)4)18-15(19-21)13-9-12-8-6-7-11(2)14(12)17-10-13/h6-10H,5H2,1-4H3. The highest BCUT2D eigenvalue weighted by molar-refractivity contribution is 5.84. The van der Waals surface area contributed by atoms with Gasteiger partial charge in [-0.1, -0.05) is 18.2 Å². The van der Waals surface area contributed by atoms with Gasteiger partial charge in [-0.25, -0.2) is 4.68 Å². The Bertz CT molecular complexity index is 788. The number of aromatic nitrogens is 4. The van der Waals surface area contributed by atoms with Crippen molar-refractivity contribution in [2.45, 2.75) is 20.4 Å². The van der Waals surface area contributed by atoms with Crippen molar-refractivity contribution in [1.82, 2.24) is 19.7 Å². The lowest BCUT2D eigenvalue weighted by atomic mass is 10.1. The second-order valence-electron chi connectivity index (χ2n) is 5.32. The van der Waals surface area contributed by atoms with Crippen LogP contribution >= 0.6 is 0 Å². The Morgan fingerprint density at radius 1 is 1.24 bits per heavy atom. The Balaban J connectivity index is 2.12. The van der Waals surface area contributed by atoms with Crippen LogP contribution < -0.4 is 4.90 Å². The number of hydrogen-bond acceptors (Lipinski definition) is 4. The number of para-hydroxylation sites is 1. The molecule has 5 heteroatoms. The van der Waals surface area contributed by atoms with Crippen molar-refractivity contribution in [3.05, 3.63) is 36.0 Å². The second kappa shape index (κ2) is 5.16. The van der Waals surface area contributed by atoms with E-state index < -0.39 is 0 Å². The van der Waals surface area contributed by atoms with Crippen molar-refractivity contribution in [2.75, 3.05) is 19.0 Å². The molecule has 0 amide bonds. The van der Waals surface area contributed by atoms with Crippen LogP contribution in [-0.2, 0) is 6.54 Å². The maximum absolute atomic E-state index is 4.62. The van der Waals surface area contributed by atoms with E-state index in [0.717, 1.165) is 34.8 Å². The molecule has 0 fully saturated rings. The van der Waals surface area contributed by atoms with E-state index >= 15 is 0 Å². The van der Waals surface area contributed by atoms with Gasteiger partial charge < -0.3 is 4.90 Å². The van der Waals surface area contributed by atoms with Crippen molar-refractivity contribution in [1.29, 1.82) is 0 Å². The first-order valence-electron chi connectivity index (χ1n) is 7.08. The fourth-order valence-electron chi connectivity index (χ4n) is 2.43. The maximum Gasteiger partial charge on any atom is 0.223 e. The lowest BCUT2D eigenvalue weighted by Crippen LogP contribution is -2.15. The van der Waals surface area contributed by atoms with Gasteiger partial charge >= 0.3 is 0 Å². The number of aryl methyl sites for hydroxylation is 2. The van der Waals surface area contributed by atoms with Crippen LogP contribution in [0.4, 0.5) is 5.95 Å². The van der Waals surface area contributed by atoms with Crippen molar-refractivity contribution in [3.63, 3.8) is 0 Å². The van der Waals surface area contributed by atoms with Crippen molar-refractivity contribution in [3.8, 4) is 11.4 Å². The number of fused-ring (bicyclic) bond motifs is 1. The van der Waals surface area contributed by atoms with Crippen molar-refractivity contribution < 1.29 is 0 Å². The van der Waals surface area contributed by atoms with E-state index in [9.17, 15) is 0 Å². The van der Waals surface area contributed by atoms with Crippen LogP contribution in [0.1, 0.15) is 12.5 Å². The van der Waals surface area contributed by atoms with Crippen LogP contribution in [0.3, 0.4) is 0 Å². The van der Waals surface area contributed by atoms with E-state index in [2.05, 4.69) is 47.1 Å². The van der Waals surface area contributed by atoms with Crippen LogP contribution in [0.2, 0.25) is 0 Å². The first-order valence-corrected chi connectivity index (χ1v) is 7.08. The molecule has 0 aliphatic heterocycles. The molecule has 0 saturated carbocycles. The molecule has 0 aliphatic carbocycles. The molecule has 0 radical (unpaired) electrons. The monoisotopic (exact) mass is 281 g/mol. The average Bonchev–Trinajstić information content (AvgIpc) is 2.91. The lowest BCUT2D eigenvalue weighted by molar-refractivity contribution is 0.654. The molecule has 0 N–H and O–H groups in total. The summed E-state index contributed by atoms with van der Waals surface area (Å²) in [7, 11) is 3.95. The fourth-order valence-corrected chi connectivity index (χ4v) is 2.43. The highest BCUT2D eigenvalue weighted by atomic mass is 15.4. The smallest absolute Gasteiger partial charge is 0.223 e. The molecule has 3 rings (SSSR count). The lowest BCUT2D eigenvalue weighted by Gasteiger charge is -2.10. The third-order valence-corrected chi connectivity index (χ3v) is 3.52. The molecule has 0 aliphatic rings. The minimum absolute atomic E-state index is 0.719. The summed E-state index contributed by atoms with van der Waals surface area (Å²) in [5.41, 5.74) is 3.16. The van der Waals surface area contributed by atoms with Gasteiger partial charge in [0.1, 0.15) is 0 Å². The molecule has 0 unspecified atom stereocenters. The van der Waals surface area contributed by atoms with Gasteiger partial charge in [0, 0.05) is 37.8 Å². The van der Waals surface area contributed by atoms with Crippen molar-refractivity contribution >= 4 is 16.9 Å². The Hall–Kier alpha value is -2.43. The number of hydrogen-bond donors (Lipinski definition) is 0. The summed E-state index contributed by atoms with van der Waals surface area (Å²) in [5.74, 6) is 1.58. The molecule has 0 atom stereocenters. The molecular formula is C16H19N5. The summed E-state index contributed by atoms with van der Waals surface area (Å²) < 4.78 is 1.90. The van der Waals surface area contributed by atoms with Crippen molar-refractivity contribution in [2.24, 2.45) is 0 Å². The Labute approximate surface area is 124 Å². The van der Waals surface area contributed by atoms with E-state index in [4.69, 9.17) is 0 Å². The Morgan fingerprint density at radius 2 is 2.05 bits per heavy atom. The number of rotatable bonds is 3. The van der Waals surface area contributed by atoms with Crippen LogP contribution in [0.25, 0.3) is 22.3 Å². The first-order chi connectivity index (χ1) is 10.1. The number of anilines is 1. The van der Waals surface area contributed by atoms with Gasteiger partial charge in [-0.05, 0) is 25.5 Å². The molecule has 2 heterocycles. The zero-order valence-electron chi connectivity index (χ0n) is 12.8. The molecule has 0 saturated heterocycles. The Kier molecular flexibility index (Phi) is 3.33. The fraction of sp³-hybridized carbons (Fsp3) is 0.312. The third kappa shape index (κ3) is 2.35. The quantitative estimate of drug-likeness (QED) is 0.740. The topological polar surface area (TPSA) is 46.8 Å². The molecule has 3 aromatic rings. The van der Waals surface area contributed by atoms with E-state index in [1.165, 1.54) is 5.56 Å². The summed E-state index contributed by atoms with van der Waals surface area (Å²) in [6.45, 7) is 4.93. The summed E-state index contributed by atoms with van der Waals surface area (Å²) in [4.78, 5) is 11.2. The number of benzene rings is 1. The highest BCUT2D eigenvalue weighted by Crippen LogP contribution is 2.23. The zero-order chi connectivity index (χ0) is 15.0. The molecule has 1 aromatic carbocycles. The minimum Gasteiger partial charge on any atom is -0.347 e. The van der Waals surface area contributed by atoms with Gasteiger partial charge in [0.2, 0.25) is 5.95 Å². The summed E-state index contributed by atoms with van der Waals surface area (Å²) in [6, 6.07) is 8.29. The number of nitrogens with zero attached hydrogens (tertiary/aromatic N) is 5. The normalized spacial score (nSPS) is 11.0. The first kappa shape index (κ1) is 13.5. The molecule has 0 spiro atoms. The van der Waals surface area contributed by atoms with Gasteiger partial charge in [-0.3, -0.25) is 4.98 Å². The molecule has 2 aromatic heterocycles. The van der Waals surface area contributed by atoms with E-state index in [1.54, 1.807) is 0 Å². The molecule has 0 bridgehead atoms. The maximum atomic E-state index is 4.62. The van der Waals surface area contributed by atoms with Crippen LogP contribution in [0, 0.1) is 6.92 Å². The van der Waals surface area contributed by atoms with Crippen LogP contribution in [-0.4, -0.2) is 33.8 Å². The third-order valence-electron chi connectivity index (χ3n) is 3.52. The zero-order valence-corrected chi connectivity index (χ0v) is 12.8. The summed E-state index contributed by atoms with van der Waals surface area (Å²) in [5, 5.41) is 5.69. The predicted molar refractivity (Wildman–Crippen MR) is 85.5 cm³/mol. The molecule has 21 heavy (non-hydrogen) atoms. The predicted octanol–water partition coefficient (Wildman–Crippen LogP) is 2.89. The van der Waals surface area contributed by atoms with E-state index in [1.807, 2.05) is 35.9 Å². The summed E-state index contributed by atoms with van der Waals surface area (Å²) >= 11 is 0. The SMILES string of the molecule is CCn1nc(-c2cnc3c(C)cccc3c2)nc1N(C)C. The van der Waals surface area contributed by atoms with Gasteiger partial charge in [-0.2, -0.15) is 4.98 Å². The van der Waals surface area contributed by atoms with Gasteiger partial charge in [0.05, 0.1) is 5.52 Å².